The van der Waals surface area contributed by atoms with E-state index in [0.717, 1.165) is 12.2 Å². The van der Waals surface area contributed by atoms with E-state index in [1.165, 1.54) is 38.8 Å². The van der Waals surface area contributed by atoms with Crippen molar-refractivity contribution in [2.75, 3.05) is 12.4 Å². The zero-order chi connectivity index (χ0) is 18.7. The van der Waals surface area contributed by atoms with Crippen molar-refractivity contribution >= 4 is 17.7 Å². The first kappa shape index (κ1) is 21.5. The van der Waals surface area contributed by atoms with Crippen LogP contribution in [0.5, 0.6) is 0 Å². The highest BCUT2D eigenvalue weighted by molar-refractivity contribution is 7.99. The number of aryl methyl sites for hydroxylation is 1. The van der Waals surface area contributed by atoms with Crippen molar-refractivity contribution in [3.8, 4) is 0 Å². The highest BCUT2D eigenvalue weighted by Gasteiger charge is 2.14. The first-order valence-corrected chi connectivity index (χ1v) is 9.58. The van der Waals surface area contributed by atoms with Crippen molar-refractivity contribution in [1.29, 1.82) is 0 Å². The topological polar surface area (TPSA) is 52.1 Å². The van der Waals surface area contributed by atoms with Gasteiger partial charge in [-0.25, -0.2) is 14.8 Å². The molecule has 0 atom stereocenters. The average Bonchev–Trinajstić information content (AvgIpc) is 2.57. The third-order valence-corrected chi connectivity index (χ3v) is 4.64. The van der Waals surface area contributed by atoms with Gasteiger partial charge in [-0.05, 0) is 25.8 Å². The SMILES string of the molecule is CCCCCCCSc1ncc(C(=O)OCCC(C)=C(F)F)c(C)n1. The molecule has 0 aliphatic heterocycles. The average molecular weight is 372 g/mol. The normalized spacial score (nSPS) is 10.6. The molecule has 0 fully saturated rings. The maximum Gasteiger partial charge on any atom is 0.341 e. The van der Waals surface area contributed by atoms with Gasteiger partial charge in [0.05, 0.1) is 17.9 Å². The van der Waals surface area contributed by atoms with E-state index in [4.69, 9.17) is 4.74 Å². The van der Waals surface area contributed by atoms with Crippen molar-refractivity contribution in [2.45, 2.75) is 64.5 Å². The van der Waals surface area contributed by atoms with Gasteiger partial charge in [0.15, 0.2) is 5.16 Å². The van der Waals surface area contributed by atoms with Gasteiger partial charge in [0.2, 0.25) is 0 Å². The highest BCUT2D eigenvalue weighted by atomic mass is 32.2. The lowest BCUT2D eigenvalue weighted by molar-refractivity contribution is 0.0505. The number of halogens is 2. The molecule has 0 N–H and O–H groups in total. The van der Waals surface area contributed by atoms with E-state index < -0.39 is 12.0 Å². The van der Waals surface area contributed by atoms with Gasteiger partial charge < -0.3 is 4.74 Å². The van der Waals surface area contributed by atoms with E-state index in [0.29, 0.717) is 10.9 Å². The Labute approximate surface area is 152 Å². The van der Waals surface area contributed by atoms with E-state index in [1.807, 2.05) is 0 Å². The molecular weight excluding hydrogens is 346 g/mol. The molecule has 0 bridgehead atoms. The summed E-state index contributed by atoms with van der Waals surface area (Å²) in [5.41, 5.74) is 0.735. The van der Waals surface area contributed by atoms with Gasteiger partial charge in [0.1, 0.15) is 0 Å². The number of rotatable bonds is 11. The summed E-state index contributed by atoms with van der Waals surface area (Å²) in [6, 6.07) is 0. The van der Waals surface area contributed by atoms with Crippen LogP contribution in [-0.4, -0.2) is 28.3 Å². The molecule has 1 aromatic rings. The molecular formula is C18H26F2N2O2S. The van der Waals surface area contributed by atoms with Crippen LogP contribution in [-0.2, 0) is 4.74 Å². The second-order valence-electron chi connectivity index (χ2n) is 5.84. The molecule has 0 aliphatic rings. The maximum absolute atomic E-state index is 12.3. The first-order chi connectivity index (χ1) is 12.0. The van der Waals surface area contributed by atoms with Crippen LogP contribution in [0.4, 0.5) is 8.78 Å². The standard InChI is InChI=1S/C18H26F2N2O2S/c1-4-5-6-7-8-11-25-18-21-12-15(14(3)22-18)17(23)24-10-9-13(2)16(19)20/h12H,4-11H2,1-3H3. The van der Waals surface area contributed by atoms with E-state index in [-0.39, 0.29) is 24.2 Å². The third-order valence-electron chi connectivity index (χ3n) is 3.69. The number of hydrogen-bond acceptors (Lipinski definition) is 5. The number of esters is 1. The number of carbonyl (C=O) groups is 1. The molecule has 0 unspecified atom stereocenters. The maximum atomic E-state index is 12.3. The van der Waals surface area contributed by atoms with Crippen molar-refractivity contribution in [3.05, 3.63) is 29.1 Å². The van der Waals surface area contributed by atoms with Gasteiger partial charge in [0.25, 0.3) is 6.08 Å². The van der Waals surface area contributed by atoms with Gasteiger partial charge in [-0.2, -0.15) is 8.78 Å². The van der Waals surface area contributed by atoms with Gasteiger partial charge in [-0.1, -0.05) is 44.4 Å². The lowest BCUT2D eigenvalue weighted by atomic mass is 10.2. The summed E-state index contributed by atoms with van der Waals surface area (Å²) >= 11 is 1.57. The summed E-state index contributed by atoms with van der Waals surface area (Å²) in [5, 5.41) is 0.641. The highest BCUT2D eigenvalue weighted by Crippen LogP contribution is 2.18. The molecule has 4 nitrogen and oxygen atoms in total. The minimum absolute atomic E-state index is 0.0138. The molecule has 1 aromatic heterocycles. The Kier molecular flexibility index (Phi) is 10.3. The summed E-state index contributed by atoms with van der Waals surface area (Å²) in [6.07, 6.45) is 5.81. The molecule has 0 aromatic carbocycles. The van der Waals surface area contributed by atoms with Crippen molar-refractivity contribution in [2.24, 2.45) is 0 Å². The summed E-state index contributed by atoms with van der Waals surface area (Å²) in [5.74, 6) is 0.369. The fourth-order valence-electron chi connectivity index (χ4n) is 2.05. The number of carbonyl (C=O) groups excluding carboxylic acids is 1. The Bertz CT molecular complexity index is 590. The number of nitrogens with zero attached hydrogens (tertiary/aromatic N) is 2. The van der Waals surface area contributed by atoms with E-state index in [1.54, 1.807) is 18.7 Å². The second kappa shape index (κ2) is 12.0. The minimum Gasteiger partial charge on any atom is -0.462 e. The van der Waals surface area contributed by atoms with Gasteiger partial charge >= 0.3 is 5.97 Å². The summed E-state index contributed by atoms with van der Waals surface area (Å²) in [7, 11) is 0. The number of hydrogen-bond donors (Lipinski definition) is 0. The van der Waals surface area contributed by atoms with Crippen LogP contribution < -0.4 is 0 Å². The monoisotopic (exact) mass is 372 g/mol. The smallest absolute Gasteiger partial charge is 0.341 e. The Balaban J connectivity index is 2.43. The minimum atomic E-state index is -1.73. The van der Waals surface area contributed by atoms with Crippen LogP contribution in [0, 0.1) is 6.92 Å². The molecule has 1 heterocycles. The van der Waals surface area contributed by atoms with Gasteiger partial charge in [-0.15, -0.1) is 0 Å². The van der Waals surface area contributed by atoms with Crippen molar-refractivity contribution < 1.29 is 18.3 Å². The molecule has 0 saturated heterocycles. The lowest BCUT2D eigenvalue weighted by Crippen LogP contribution is -2.10. The van der Waals surface area contributed by atoms with Crippen LogP contribution in [0.15, 0.2) is 23.0 Å². The Morgan fingerprint density at radius 3 is 2.60 bits per heavy atom. The molecule has 0 spiro atoms. The zero-order valence-electron chi connectivity index (χ0n) is 15.1. The number of unbranched alkanes of at least 4 members (excludes halogenated alkanes) is 4. The quantitative estimate of drug-likeness (QED) is 0.220. The summed E-state index contributed by atoms with van der Waals surface area (Å²) < 4.78 is 29.6. The predicted octanol–water partition coefficient (Wildman–Crippen LogP) is 5.56. The zero-order valence-corrected chi connectivity index (χ0v) is 15.9. The Morgan fingerprint density at radius 2 is 1.96 bits per heavy atom. The van der Waals surface area contributed by atoms with E-state index in [2.05, 4.69) is 16.9 Å². The Morgan fingerprint density at radius 1 is 1.24 bits per heavy atom. The van der Waals surface area contributed by atoms with Gasteiger partial charge in [0, 0.05) is 18.4 Å². The number of aromatic nitrogens is 2. The molecule has 0 radical (unpaired) electrons. The first-order valence-electron chi connectivity index (χ1n) is 8.60. The Hall–Kier alpha value is -1.50. The van der Waals surface area contributed by atoms with Crippen molar-refractivity contribution in [1.82, 2.24) is 9.97 Å². The van der Waals surface area contributed by atoms with Crippen LogP contribution in [0.3, 0.4) is 0 Å². The van der Waals surface area contributed by atoms with Crippen LogP contribution >= 0.6 is 11.8 Å². The fraction of sp³-hybridized carbons (Fsp3) is 0.611. The second-order valence-corrected chi connectivity index (χ2v) is 6.90. The fourth-order valence-corrected chi connectivity index (χ4v) is 2.91. The lowest BCUT2D eigenvalue weighted by Gasteiger charge is -2.08. The van der Waals surface area contributed by atoms with Gasteiger partial charge in [-0.3, -0.25) is 0 Å². The molecule has 25 heavy (non-hydrogen) atoms. The summed E-state index contributed by atoms with van der Waals surface area (Å²) in [4.78, 5) is 20.5. The third kappa shape index (κ3) is 8.43. The largest absolute Gasteiger partial charge is 0.462 e. The molecule has 0 saturated carbocycles. The molecule has 1 rings (SSSR count). The molecule has 140 valence electrons. The number of thioether (sulfide) groups is 1. The molecule has 7 heteroatoms. The van der Waals surface area contributed by atoms with Crippen molar-refractivity contribution in [3.63, 3.8) is 0 Å². The van der Waals surface area contributed by atoms with E-state index in [9.17, 15) is 13.6 Å². The molecule has 0 amide bonds. The van der Waals surface area contributed by atoms with Crippen LogP contribution in [0.25, 0.3) is 0 Å². The van der Waals surface area contributed by atoms with Crippen LogP contribution in [0.2, 0.25) is 0 Å². The summed E-state index contributed by atoms with van der Waals surface area (Å²) in [6.45, 7) is 5.13. The number of ether oxygens (including phenoxy) is 1. The predicted molar refractivity (Wildman–Crippen MR) is 96.1 cm³/mol. The van der Waals surface area contributed by atoms with E-state index >= 15 is 0 Å². The van der Waals surface area contributed by atoms with Crippen LogP contribution in [0.1, 0.15) is 68.4 Å². The molecule has 0 aliphatic carbocycles.